The molecular formula is C19H19Cl2N3O6S. The first-order valence-electron chi connectivity index (χ1n) is 9.12. The number of halogens is 2. The normalized spacial score (nSPS) is 17.5. The summed E-state index contributed by atoms with van der Waals surface area (Å²) in [6.45, 7) is 0.137. The molecular weight excluding hydrogens is 469 g/mol. The van der Waals surface area contributed by atoms with E-state index in [1.807, 2.05) is 0 Å². The maximum atomic E-state index is 12.9. The summed E-state index contributed by atoms with van der Waals surface area (Å²) in [6, 6.07) is 5.17. The second kappa shape index (κ2) is 9.39. The number of amides is 1. The number of carboxylic acid groups (broad SMARTS) is 1. The maximum absolute atomic E-state index is 12.9. The minimum atomic E-state index is -4.02. The molecule has 1 aromatic heterocycles. The second-order valence-electron chi connectivity index (χ2n) is 6.82. The number of aromatic nitrogens is 1. The van der Waals surface area contributed by atoms with E-state index in [0.717, 1.165) is 4.31 Å². The van der Waals surface area contributed by atoms with Crippen molar-refractivity contribution in [2.45, 2.75) is 29.8 Å². The van der Waals surface area contributed by atoms with Crippen molar-refractivity contribution in [3.05, 3.63) is 52.1 Å². The van der Waals surface area contributed by atoms with Crippen molar-refractivity contribution in [2.24, 2.45) is 0 Å². The third-order valence-electron chi connectivity index (χ3n) is 4.78. The van der Waals surface area contributed by atoms with Crippen LogP contribution in [-0.4, -0.2) is 54.4 Å². The van der Waals surface area contributed by atoms with Gasteiger partial charge in [0.05, 0.1) is 24.5 Å². The van der Waals surface area contributed by atoms with E-state index in [1.165, 1.54) is 31.5 Å². The minimum absolute atomic E-state index is 0.121. The molecule has 2 atom stereocenters. The van der Waals surface area contributed by atoms with Gasteiger partial charge in [0.15, 0.2) is 0 Å². The van der Waals surface area contributed by atoms with Crippen LogP contribution in [0.1, 0.15) is 24.4 Å². The molecule has 2 heterocycles. The largest absolute Gasteiger partial charge is 0.481 e. The van der Waals surface area contributed by atoms with Gasteiger partial charge in [0.2, 0.25) is 21.8 Å². The Morgan fingerprint density at radius 2 is 1.97 bits per heavy atom. The summed E-state index contributed by atoms with van der Waals surface area (Å²) in [4.78, 5) is 28.0. The highest BCUT2D eigenvalue weighted by atomic mass is 35.5. The lowest BCUT2D eigenvalue weighted by molar-refractivity contribution is -0.138. The van der Waals surface area contributed by atoms with Gasteiger partial charge in [-0.1, -0.05) is 29.3 Å². The van der Waals surface area contributed by atoms with Crippen LogP contribution in [0.2, 0.25) is 10.0 Å². The highest BCUT2D eigenvalue weighted by Gasteiger charge is 2.43. The van der Waals surface area contributed by atoms with Crippen LogP contribution in [0.15, 0.2) is 41.4 Å². The zero-order valence-electron chi connectivity index (χ0n) is 16.3. The molecule has 12 heteroatoms. The standard InChI is InChI=1S/C19H19Cl2N3O6S/c1-30-17-3-2-11(10-22-17)15(9-18(25)26)23-19(27)16-4-5-24(16)31(28,29)14-7-12(20)6-13(21)8-14/h2-3,6-8,10,15-16H,4-5,9H2,1H3,(H,23,27)(H,25,26)/t15-,16+/m1/s1. The zero-order valence-corrected chi connectivity index (χ0v) is 18.6. The Morgan fingerprint density at radius 1 is 1.29 bits per heavy atom. The van der Waals surface area contributed by atoms with E-state index < -0.39 is 40.4 Å². The Morgan fingerprint density at radius 3 is 2.45 bits per heavy atom. The number of nitrogens with zero attached hydrogens (tertiary/aromatic N) is 2. The lowest BCUT2D eigenvalue weighted by Crippen LogP contribution is -2.58. The summed E-state index contributed by atoms with van der Waals surface area (Å²) >= 11 is 11.8. The molecule has 1 saturated heterocycles. The smallest absolute Gasteiger partial charge is 0.305 e. The number of rotatable bonds is 8. The van der Waals surface area contributed by atoms with E-state index in [1.54, 1.807) is 12.1 Å². The zero-order chi connectivity index (χ0) is 22.8. The number of ether oxygens (including phenoxy) is 1. The van der Waals surface area contributed by atoms with Gasteiger partial charge >= 0.3 is 5.97 Å². The molecule has 166 valence electrons. The van der Waals surface area contributed by atoms with Crippen LogP contribution < -0.4 is 10.1 Å². The third-order valence-corrected chi connectivity index (χ3v) is 7.10. The quantitative estimate of drug-likeness (QED) is 0.585. The molecule has 0 radical (unpaired) electrons. The second-order valence-corrected chi connectivity index (χ2v) is 9.58. The number of nitrogens with one attached hydrogen (secondary N) is 1. The van der Waals surface area contributed by atoms with Crippen LogP contribution in [-0.2, 0) is 19.6 Å². The predicted molar refractivity (Wildman–Crippen MR) is 113 cm³/mol. The van der Waals surface area contributed by atoms with Crippen LogP contribution in [0.3, 0.4) is 0 Å². The van der Waals surface area contributed by atoms with Crippen molar-refractivity contribution >= 4 is 45.1 Å². The molecule has 1 aliphatic rings. The van der Waals surface area contributed by atoms with Crippen molar-refractivity contribution in [1.82, 2.24) is 14.6 Å². The predicted octanol–water partition coefficient (Wildman–Crippen LogP) is 2.49. The highest BCUT2D eigenvalue weighted by molar-refractivity contribution is 7.89. The molecule has 2 aromatic rings. The molecule has 31 heavy (non-hydrogen) atoms. The van der Waals surface area contributed by atoms with Crippen molar-refractivity contribution < 1.29 is 27.9 Å². The fraction of sp³-hybridized carbons (Fsp3) is 0.316. The average Bonchev–Trinajstić information content (AvgIpc) is 2.65. The Kier molecular flexibility index (Phi) is 7.05. The fourth-order valence-corrected chi connectivity index (χ4v) is 5.50. The van der Waals surface area contributed by atoms with Gasteiger partial charge < -0.3 is 15.2 Å². The summed E-state index contributed by atoms with van der Waals surface area (Å²) < 4.78 is 31.9. The number of carbonyl (C=O) groups is 2. The van der Waals surface area contributed by atoms with Gasteiger partial charge in [-0.3, -0.25) is 9.59 Å². The van der Waals surface area contributed by atoms with Gasteiger partial charge in [-0.2, -0.15) is 4.31 Å². The summed E-state index contributed by atoms with van der Waals surface area (Å²) in [5.41, 5.74) is 0.451. The molecule has 0 saturated carbocycles. The van der Waals surface area contributed by atoms with Crippen LogP contribution in [0, 0.1) is 0 Å². The van der Waals surface area contributed by atoms with E-state index >= 15 is 0 Å². The molecule has 0 spiro atoms. The van der Waals surface area contributed by atoms with Crippen LogP contribution in [0.5, 0.6) is 5.88 Å². The summed E-state index contributed by atoms with van der Waals surface area (Å²) in [5, 5.41) is 12.2. The molecule has 3 rings (SSSR count). The van der Waals surface area contributed by atoms with Crippen molar-refractivity contribution in [3.8, 4) is 5.88 Å². The fourth-order valence-electron chi connectivity index (χ4n) is 3.14. The van der Waals surface area contributed by atoms with Gasteiger partial charge in [-0.05, 0) is 30.2 Å². The number of hydrogen-bond acceptors (Lipinski definition) is 6. The van der Waals surface area contributed by atoms with E-state index in [-0.39, 0.29) is 21.5 Å². The van der Waals surface area contributed by atoms with Gasteiger partial charge in [-0.25, -0.2) is 13.4 Å². The number of hydrogen-bond donors (Lipinski definition) is 2. The molecule has 1 fully saturated rings. The average molecular weight is 488 g/mol. The summed E-state index contributed by atoms with van der Waals surface area (Å²) in [6.07, 6.45) is 1.29. The Balaban J connectivity index is 1.79. The third kappa shape index (κ3) is 5.27. The molecule has 0 bridgehead atoms. The van der Waals surface area contributed by atoms with Crippen molar-refractivity contribution in [3.63, 3.8) is 0 Å². The molecule has 2 N–H and O–H groups in total. The SMILES string of the molecule is COc1ccc([C@@H](CC(=O)O)NC(=O)[C@@H]2CCN2S(=O)(=O)c2cc(Cl)cc(Cl)c2)cn1. The molecule has 1 amide bonds. The van der Waals surface area contributed by atoms with Gasteiger partial charge in [0, 0.05) is 28.9 Å². The topological polar surface area (TPSA) is 126 Å². The first-order chi connectivity index (χ1) is 14.6. The van der Waals surface area contributed by atoms with Crippen LogP contribution in [0.4, 0.5) is 0 Å². The van der Waals surface area contributed by atoms with Crippen LogP contribution >= 0.6 is 23.2 Å². The van der Waals surface area contributed by atoms with Crippen LogP contribution in [0.25, 0.3) is 0 Å². The molecule has 0 unspecified atom stereocenters. The molecule has 1 aromatic carbocycles. The monoisotopic (exact) mass is 487 g/mol. The number of carbonyl (C=O) groups excluding carboxylic acids is 1. The number of methoxy groups -OCH3 is 1. The van der Waals surface area contributed by atoms with Crippen molar-refractivity contribution in [2.75, 3.05) is 13.7 Å². The van der Waals surface area contributed by atoms with Crippen molar-refractivity contribution in [1.29, 1.82) is 0 Å². The maximum Gasteiger partial charge on any atom is 0.305 e. The molecule has 0 aliphatic carbocycles. The highest BCUT2D eigenvalue weighted by Crippen LogP contribution is 2.31. The van der Waals surface area contributed by atoms with Gasteiger partial charge in [0.1, 0.15) is 6.04 Å². The van der Waals surface area contributed by atoms with E-state index in [0.29, 0.717) is 17.9 Å². The number of aliphatic carboxylic acids is 1. The van der Waals surface area contributed by atoms with Gasteiger partial charge in [-0.15, -0.1) is 0 Å². The Bertz CT molecular complexity index is 1070. The summed E-state index contributed by atoms with van der Waals surface area (Å²) in [5.74, 6) is -1.40. The first kappa shape index (κ1) is 23.3. The first-order valence-corrected chi connectivity index (χ1v) is 11.3. The number of carboxylic acids is 1. The Labute approximate surface area is 189 Å². The minimum Gasteiger partial charge on any atom is -0.481 e. The molecule has 1 aliphatic heterocycles. The number of sulfonamides is 1. The van der Waals surface area contributed by atoms with Gasteiger partial charge in [0.25, 0.3) is 0 Å². The summed E-state index contributed by atoms with van der Waals surface area (Å²) in [7, 11) is -2.57. The lowest BCUT2D eigenvalue weighted by atomic mass is 10.0. The Hall–Kier alpha value is -2.40. The number of benzene rings is 1. The lowest BCUT2D eigenvalue weighted by Gasteiger charge is -2.39. The molecule has 9 nitrogen and oxygen atoms in total. The number of pyridine rings is 1. The van der Waals surface area contributed by atoms with E-state index in [2.05, 4.69) is 10.3 Å². The van der Waals surface area contributed by atoms with E-state index in [4.69, 9.17) is 27.9 Å². The van der Waals surface area contributed by atoms with E-state index in [9.17, 15) is 23.1 Å².